The van der Waals surface area contributed by atoms with Gasteiger partial charge in [-0.1, -0.05) is 30.2 Å². The SMILES string of the molecule is Clc1ccc(CC(Cl)CC2CC3CCC2C3)cc1. The van der Waals surface area contributed by atoms with E-state index in [4.69, 9.17) is 23.2 Å². The maximum atomic E-state index is 6.54. The van der Waals surface area contributed by atoms with E-state index in [2.05, 4.69) is 12.1 Å². The summed E-state index contributed by atoms with van der Waals surface area (Å²) in [6.07, 6.45) is 8.03. The first kappa shape index (κ1) is 12.8. The molecule has 2 fully saturated rings. The Labute approximate surface area is 120 Å². The van der Waals surface area contributed by atoms with Crippen LogP contribution in [0.3, 0.4) is 0 Å². The lowest BCUT2D eigenvalue weighted by Crippen LogP contribution is -2.16. The van der Waals surface area contributed by atoms with Crippen LogP contribution in [0.15, 0.2) is 24.3 Å². The van der Waals surface area contributed by atoms with Gasteiger partial charge in [0.1, 0.15) is 0 Å². The summed E-state index contributed by atoms with van der Waals surface area (Å²) in [6.45, 7) is 0. The molecular formula is C16H20Cl2. The molecule has 98 valence electrons. The third-order valence-corrected chi connectivity index (χ3v) is 5.40. The van der Waals surface area contributed by atoms with Gasteiger partial charge in [-0.3, -0.25) is 0 Å². The van der Waals surface area contributed by atoms with E-state index in [0.717, 1.165) is 29.2 Å². The molecule has 0 amide bonds. The summed E-state index contributed by atoms with van der Waals surface area (Å²) in [7, 11) is 0. The molecule has 1 aromatic carbocycles. The van der Waals surface area contributed by atoms with Crippen LogP contribution in [0.5, 0.6) is 0 Å². The molecule has 4 unspecified atom stereocenters. The molecule has 0 aromatic heterocycles. The van der Waals surface area contributed by atoms with Crippen molar-refractivity contribution >= 4 is 23.2 Å². The lowest BCUT2D eigenvalue weighted by molar-refractivity contribution is 0.310. The standard InChI is InChI=1S/C16H20Cl2/c17-15-5-2-11(3-6-15)9-16(18)10-14-8-12-1-4-13(14)7-12/h2-3,5-6,12-14,16H,1,4,7-10H2. The van der Waals surface area contributed by atoms with Gasteiger partial charge < -0.3 is 0 Å². The van der Waals surface area contributed by atoms with Crippen molar-refractivity contribution in [2.45, 2.75) is 43.9 Å². The second kappa shape index (κ2) is 5.43. The molecule has 2 heteroatoms. The summed E-state index contributed by atoms with van der Waals surface area (Å²) in [6, 6.07) is 8.10. The molecule has 0 heterocycles. The van der Waals surface area contributed by atoms with Gasteiger partial charge in [-0.15, -0.1) is 11.6 Å². The Morgan fingerprint density at radius 1 is 1.11 bits per heavy atom. The highest BCUT2D eigenvalue weighted by Crippen LogP contribution is 2.50. The monoisotopic (exact) mass is 282 g/mol. The number of alkyl halides is 1. The predicted molar refractivity (Wildman–Crippen MR) is 78.4 cm³/mol. The summed E-state index contributed by atoms with van der Waals surface area (Å²) < 4.78 is 0. The van der Waals surface area contributed by atoms with Gasteiger partial charge in [0.2, 0.25) is 0 Å². The molecule has 2 saturated carbocycles. The van der Waals surface area contributed by atoms with Crippen molar-refractivity contribution in [2.24, 2.45) is 17.8 Å². The van der Waals surface area contributed by atoms with Gasteiger partial charge in [0, 0.05) is 10.4 Å². The summed E-state index contributed by atoms with van der Waals surface area (Å²) >= 11 is 12.4. The van der Waals surface area contributed by atoms with E-state index in [1.165, 1.54) is 37.7 Å². The highest BCUT2D eigenvalue weighted by atomic mass is 35.5. The van der Waals surface area contributed by atoms with E-state index in [0.29, 0.717) is 0 Å². The molecule has 0 radical (unpaired) electrons. The second-order valence-electron chi connectivity index (χ2n) is 6.10. The van der Waals surface area contributed by atoms with E-state index in [1.807, 2.05) is 12.1 Å². The number of hydrogen-bond acceptors (Lipinski definition) is 0. The Hall–Kier alpha value is -0.200. The fraction of sp³-hybridized carbons (Fsp3) is 0.625. The minimum Gasteiger partial charge on any atom is -0.123 e. The van der Waals surface area contributed by atoms with Crippen LogP contribution in [-0.4, -0.2) is 5.38 Å². The molecule has 4 atom stereocenters. The largest absolute Gasteiger partial charge is 0.123 e. The molecule has 3 rings (SSSR count). The Kier molecular flexibility index (Phi) is 3.86. The molecular weight excluding hydrogens is 263 g/mol. The van der Waals surface area contributed by atoms with Crippen LogP contribution < -0.4 is 0 Å². The molecule has 18 heavy (non-hydrogen) atoms. The Morgan fingerprint density at radius 3 is 2.50 bits per heavy atom. The molecule has 0 N–H and O–H groups in total. The molecule has 2 aliphatic rings. The van der Waals surface area contributed by atoms with Crippen molar-refractivity contribution in [3.05, 3.63) is 34.9 Å². The van der Waals surface area contributed by atoms with E-state index < -0.39 is 0 Å². The molecule has 0 saturated heterocycles. The second-order valence-corrected chi connectivity index (χ2v) is 7.15. The average Bonchev–Trinajstić information content (AvgIpc) is 2.94. The lowest BCUT2D eigenvalue weighted by Gasteiger charge is -2.23. The van der Waals surface area contributed by atoms with Crippen molar-refractivity contribution in [1.82, 2.24) is 0 Å². The first-order valence-electron chi connectivity index (χ1n) is 7.09. The highest BCUT2D eigenvalue weighted by Gasteiger charge is 2.39. The third kappa shape index (κ3) is 2.86. The van der Waals surface area contributed by atoms with Crippen molar-refractivity contribution in [3.8, 4) is 0 Å². The molecule has 0 spiro atoms. The van der Waals surface area contributed by atoms with E-state index in [-0.39, 0.29) is 5.38 Å². The number of fused-ring (bicyclic) bond motifs is 2. The maximum absolute atomic E-state index is 6.54. The fourth-order valence-corrected chi connectivity index (χ4v) is 4.49. The quantitative estimate of drug-likeness (QED) is 0.656. The van der Waals surface area contributed by atoms with Crippen molar-refractivity contribution in [3.63, 3.8) is 0 Å². The lowest BCUT2D eigenvalue weighted by atomic mass is 9.84. The van der Waals surface area contributed by atoms with E-state index in [9.17, 15) is 0 Å². The van der Waals surface area contributed by atoms with Gasteiger partial charge in [0.25, 0.3) is 0 Å². The van der Waals surface area contributed by atoms with Crippen LogP contribution in [-0.2, 0) is 6.42 Å². The first-order valence-corrected chi connectivity index (χ1v) is 7.90. The number of hydrogen-bond donors (Lipinski definition) is 0. The van der Waals surface area contributed by atoms with Gasteiger partial charge in [-0.25, -0.2) is 0 Å². The smallest absolute Gasteiger partial charge is 0.0406 e. The van der Waals surface area contributed by atoms with Crippen LogP contribution in [0.25, 0.3) is 0 Å². The zero-order chi connectivity index (χ0) is 12.5. The Bertz CT molecular complexity index is 398. The molecule has 2 bridgehead atoms. The number of rotatable bonds is 4. The highest BCUT2D eigenvalue weighted by molar-refractivity contribution is 6.30. The Morgan fingerprint density at radius 2 is 1.89 bits per heavy atom. The van der Waals surface area contributed by atoms with Crippen LogP contribution in [0.2, 0.25) is 5.02 Å². The summed E-state index contributed by atoms with van der Waals surface area (Å²) in [5, 5.41) is 1.09. The topological polar surface area (TPSA) is 0 Å². The summed E-state index contributed by atoms with van der Waals surface area (Å²) in [5.74, 6) is 2.92. The molecule has 1 aromatic rings. The van der Waals surface area contributed by atoms with Crippen LogP contribution >= 0.6 is 23.2 Å². The van der Waals surface area contributed by atoms with Crippen molar-refractivity contribution < 1.29 is 0 Å². The van der Waals surface area contributed by atoms with Gasteiger partial charge in [0.05, 0.1) is 0 Å². The Balaban J connectivity index is 1.52. The van der Waals surface area contributed by atoms with Gasteiger partial charge >= 0.3 is 0 Å². The normalized spacial score (nSPS) is 31.8. The van der Waals surface area contributed by atoms with Crippen LogP contribution in [0.4, 0.5) is 0 Å². The van der Waals surface area contributed by atoms with Crippen LogP contribution in [0, 0.1) is 17.8 Å². The predicted octanol–water partition coefficient (Wildman–Crippen LogP) is 5.32. The zero-order valence-electron chi connectivity index (χ0n) is 10.6. The van der Waals surface area contributed by atoms with Crippen LogP contribution in [0.1, 0.15) is 37.7 Å². The number of halogens is 2. The molecule has 2 aliphatic carbocycles. The summed E-state index contributed by atoms with van der Waals surface area (Å²) in [5.41, 5.74) is 1.31. The van der Waals surface area contributed by atoms with E-state index in [1.54, 1.807) is 0 Å². The molecule has 0 nitrogen and oxygen atoms in total. The van der Waals surface area contributed by atoms with Gasteiger partial charge in [0.15, 0.2) is 0 Å². The van der Waals surface area contributed by atoms with E-state index >= 15 is 0 Å². The zero-order valence-corrected chi connectivity index (χ0v) is 12.1. The molecule has 0 aliphatic heterocycles. The minimum absolute atomic E-state index is 0.288. The first-order chi connectivity index (χ1) is 8.70. The number of benzene rings is 1. The fourth-order valence-electron chi connectivity index (χ4n) is 3.95. The summed E-state index contributed by atoms with van der Waals surface area (Å²) in [4.78, 5) is 0. The van der Waals surface area contributed by atoms with Gasteiger partial charge in [-0.05, 0) is 67.6 Å². The maximum Gasteiger partial charge on any atom is 0.0406 e. The van der Waals surface area contributed by atoms with Gasteiger partial charge in [-0.2, -0.15) is 0 Å². The minimum atomic E-state index is 0.288. The van der Waals surface area contributed by atoms with Crippen molar-refractivity contribution in [2.75, 3.05) is 0 Å². The van der Waals surface area contributed by atoms with Crippen molar-refractivity contribution in [1.29, 1.82) is 0 Å². The third-order valence-electron chi connectivity index (χ3n) is 4.81. The average molecular weight is 283 g/mol.